The maximum atomic E-state index is 13.7. The highest BCUT2D eigenvalue weighted by atomic mass is 19.1. The fourth-order valence-corrected chi connectivity index (χ4v) is 2.49. The summed E-state index contributed by atoms with van der Waals surface area (Å²) in [6.07, 6.45) is 1.91. The van der Waals surface area contributed by atoms with Crippen LogP contribution in [-0.4, -0.2) is 37.0 Å². The lowest BCUT2D eigenvalue weighted by Gasteiger charge is -2.24. The van der Waals surface area contributed by atoms with Crippen LogP contribution in [0.4, 0.5) is 4.39 Å². The summed E-state index contributed by atoms with van der Waals surface area (Å²) < 4.78 is 18.6. The molecule has 0 bridgehead atoms. The van der Waals surface area contributed by atoms with Gasteiger partial charge in [-0.3, -0.25) is 4.79 Å². The lowest BCUT2D eigenvalue weighted by molar-refractivity contribution is -0.133. The fraction of sp³-hybridized carbons (Fsp3) is 0.533. The molecule has 1 heterocycles. The van der Waals surface area contributed by atoms with Crippen LogP contribution in [-0.2, 0) is 11.3 Å². The van der Waals surface area contributed by atoms with E-state index in [2.05, 4.69) is 5.32 Å². The molecule has 0 saturated carbocycles. The quantitative estimate of drug-likeness (QED) is 0.896. The normalized spacial score (nSPS) is 18.1. The van der Waals surface area contributed by atoms with Gasteiger partial charge in [-0.1, -0.05) is 6.07 Å². The Bertz CT molecular complexity index is 473. The van der Waals surface area contributed by atoms with E-state index in [1.807, 2.05) is 6.92 Å². The number of rotatable bonds is 5. The van der Waals surface area contributed by atoms with Gasteiger partial charge >= 0.3 is 0 Å². The van der Waals surface area contributed by atoms with Crippen LogP contribution in [0.25, 0.3) is 0 Å². The van der Waals surface area contributed by atoms with Crippen molar-refractivity contribution in [1.82, 2.24) is 10.2 Å². The topological polar surface area (TPSA) is 41.6 Å². The van der Waals surface area contributed by atoms with Crippen molar-refractivity contribution >= 4 is 5.91 Å². The Hall–Kier alpha value is -1.62. The number of carbonyl (C=O) groups excluding carboxylic acids is 1. The van der Waals surface area contributed by atoms with Crippen molar-refractivity contribution < 1.29 is 13.9 Å². The van der Waals surface area contributed by atoms with Crippen molar-refractivity contribution in [2.45, 2.75) is 32.4 Å². The molecule has 1 unspecified atom stereocenters. The molecule has 1 aliphatic heterocycles. The molecule has 0 radical (unpaired) electrons. The highest BCUT2D eigenvalue weighted by molar-refractivity contribution is 5.82. The molecule has 4 nitrogen and oxygen atoms in total. The van der Waals surface area contributed by atoms with Crippen LogP contribution in [0.5, 0.6) is 5.75 Å². The average Bonchev–Trinajstić information content (AvgIpc) is 2.98. The molecule has 20 heavy (non-hydrogen) atoms. The molecular formula is C15H21FN2O2. The Labute approximate surface area is 118 Å². The van der Waals surface area contributed by atoms with Gasteiger partial charge in [0.25, 0.3) is 0 Å². The number of benzene rings is 1. The zero-order chi connectivity index (χ0) is 14.5. The maximum absolute atomic E-state index is 13.7. The molecular weight excluding hydrogens is 259 g/mol. The average molecular weight is 280 g/mol. The van der Waals surface area contributed by atoms with E-state index in [1.165, 1.54) is 13.2 Å². The van der Waals surface area contributed by atoms with Gasteiger partial charge in [-0.25, -0.2) is 4.39 Å². The number of carbonyl (C=O) groups is 1. The highest BCUT2D eigenvalue weighted by Crippen LogP contribution is 2.19. The van der Waals surface area contributed by atoms with Gasteiger partial charge < -0.3 is 15.0 Å². The first kappa shape index (κ1) is 14.8. The van der Waals surface area contributed by atoms with E-state index in [0.29, 0.717) is 13.1 Å². The molecule has 0 aliphatic carbocycles. The Kier molecular flexibility index (Phi) is 4.95. The van der Waals surface area contributed by atoms with Crippen LogP contribution in [0.2, 0.25) is 0 Å². The minimum atomic E-state index is -0.396. The van der Waals surface area contributed by atoms with Crippen LogP contribution in [0.3, 0.4) is 0 Å². The first-order valence-electron chi connectivity index (χ1n) is 7.00. The van der Waals surface area contributed by atoms with Crippen molar-refractivity contribution in [1.29, 1.82) is 0 Å². The molecule has 1 aromatic rings. The summed E-state index contributed by atoms with van der Waals surface area (Å²) in [6.45, 7) is 3.87. The lowest BCUT2D eigenvalue weighted by atomic mass is 10.1. The maximum Gasteiger partial charge on any atom is 0.239 e. The fourth-order valence-electron chi connectivity index (χ4n) is 2.49. The Morgan fingerprint density at radius 1 is 1.55 bits per heavy atom. The molecule has 1 amide bonds. The third kappa shape index (κ3) is 3.28. The minimum Gasteiger partial charge on any atom is -0.494 e. The first-order chi connectivity index (χ1) is 9.65. The number of ether oxygens (including phenoxy) is 1. The molecule has 0 spiro atoms. The molecule has 1 atom stereocenters. The van der Waals surface area contributed by atoms with E-state index in [-0.39, 0.29) is 17.7 Å². The monoisotopic (exact) mass is 280 g/mol. The predicted octanol–water partition coefficient (Wildman–Crippen LogP) is 1.93. The van der Waals surface area contributed by atoms with Crippen molar-refractivity contribution in [2.75, 3.05) is 20.2 Å². The van der Waals surface area contributed by atoms with Crippen molar-refractivity contribution in [3.63, 3.8) is 0 Å². The molecule has 1 fully saturated rings. The summed E-state index contributed by atoms with van der Waals surface area (Å²) in [4.78, 5) is 14.1. The summed E-state index contributed by atoms with van der Waals surface area (Å²) in [5.41, 5.74) is 0.775. The van der Waals surface area contributed by atoms with Crippen molar-refractivity contribution in [3.8, 4) is 5.75 Å². The second-order valence-electron chi connectivity index (χ2n) is 4.97. The molecule has 0 aromatic heterocycles. The highest BCUT2D eigenvalue weighted by Gasteiger charge is 2.26. The number of halogens is 1. The van der Waals surface area contributed by atoms with Gasteiger partial charge in [0.1, 0.15) is 0 Å². The number of methoxy groups -OCH3 is 1. The summed E-state index contributed by atoms with van der Waals surface area (Å²) >= 11 is 0. The predicted molar refractivity (Wildman–Crippen MR) is 75.1 cm³/mol. The zero-order valence-electron chi connectivity index (χ0n) is 12.0. The molecule has 1 N–H and O–H groups in total. The standard InChI is InChI=1S/C15H21FN2O2/c1-3-18(15(19)13-5-4-8-17-13)10-11-6-7-14(20-2)12(16)9-11/h6-7,9,13,17H,3-5,8,10H2,1-2H3. The summed E-state index contributed by atoms with van der Waals surface area (Å²) in [5, 5.41) is 3.20. The second kappa shape index (κ2) is 6.70. The smallest absolute Gasteiger partial charge is 0.239 e. The molecule has 1 aliphatic rings. The SMILES string of the molecule is CCN(Cc1ccc(OC)c(F)c1)C(=O)C1CCCN1. The van der Waals surface area contributed by atoms with E-state index >= 15 is 0 Å². The van der Waals surface area contributed by atoms with Gasteiger partial charge in [0, 0.05) is 13.1 Å². The van der Waals surface area contributed by atoms with E-state index in [0.717, 1.165) is 24.9 Å². The second-order valence-corrected chi connectivity index (χ2v) is 4.97. The molecule has 110 valence electrons. The number of hydrogen-bond donors (Lipinski definition) is 1. The number of nitrogens with one attached hydrogen (secondary N) is 1. The third-order valence-corrected chi connectivity index (χ3v) is 3.64. The van der Waals surface area contributed by atoms with E-state index in [9.17, 15) is 9.18 Å². The van der Waals surface area contributed by atoms with Crippen LogP contribution in [0.15, 0.2) is 18.2 Å². The Morgan fingerprint density at radius 2 is 2.35 bits per heavy atom. The largest absolute Gasteiger partial charge is 0.494 e. The molecule has 2 rings (SSSR count). The van der Waals surface area contributed by atoms with Gasteiger partial charge in [0.05, 0.1) is 13.2 Å². The number of nitrogens with zero attached hydrogens (tertiary/aromatic N) is 1. The van der Waals surface area contributed by atoms with Crippen LogP contribution >= 0.6 is 0 Å². The summed E-state index contributed by atoms with van der Waals surface area (Å²) in [7, 11) is 1.44. The minimum absolute atomic E-state index is 0.0851. The van der Waals surface area contributed by atoms with Crippen molar-refractivity contribution in [3.05, 3.63) is 29.6 Å². The zero-order valence-corrected chi connectivity index (χ0v) is 12.0. The third-order valence-electron chi connectivity index (χ3n) is 3.64. The molecule has 1 saturated heterocycles. The summed E-state index contributed by atoms with van der Waals surface area (Å²) in [5.74, 6) is -0.0747. The molecule has 5 heteroatoms. The van der Waals surface area contributed by atoms with E-state index in [1.54, 1.807) is 17.0 Å². The Morgan fingerprint density at radius 3 is 2.90 bits per heavy atom. The van der Waals surface area contributed by atoms with Crippen LogP contribution in [0, 0.1) is 5.82 Å². The van der Waals surface area contributed by atoms with Gasteiger partial charge in [0.15, 0.2) is 11.6 Å². The van der Waals surface area contributed by atoms with Gasteiger partial charge in [0.2, 0.25) is 5.91 Å². The van der Waals surface area contributed by atoms with Gasteiger partial charge in [-0.05, 0) is 44.0 Å². The van der Waals surface area contributed by atoms with E-state index < -0.39 is 5.82 Å². The van der Waals surface area contributed by atoms with Gasteiger partial charge in [-0.15, -0.1) is 0 Å². The van der Waals surface area contributed by atoms with Gasteiger partial charge in [-0.2, -0.15) is 0 Å². The van der Waals surface area contributed by atoms with Crippen LogP contribution < -0.4 is 10.1 Å². The number of hydrogen-bond acceptors (Lipinski definition) is 3. The number of amides is 1. The lowest BCUT2D eigenvalue weighted by Crippen LogP contribution is -2.43. The Balaban J connectivity index is 2.05. The van der Waals surface area contributed by atoms with Crippen molar-refractivity contribution in [2.24, 2.45) is 0 Å². The first-order valence-corrected chi connectivity index (χ1v) is 7.00. The van der Waals surface area contributed by atoms with E-state index in [4.69, 9.17) is 4.74 Å². The number of likely N-dealkylation sites (N-methyl/N-ethyl adjacent to an activating group) is 1. The molecule has 1 aromatic carbocycles. The summed E-state index contributed by atoms with van der Waals surface area (Å²) in [6, 6.07) is 4.73. The van der Waals surface area contributed by atoms with Crippen LogP contribution in [0.1, 0.15) is 25.3 Å².